The standard InChI is InChI=1S/C23H30N4O6S/c1-3-32-20-9-4-5-10-21(20)33-16-22(28)24-25-23(29)17-34(30,31)27-13-11-26(12-14-27)19-8-6-7-18(2)15-19/h4-10,15H,3,11-14,16-17H2,1-2H3,(H,24,28)(H,25,29). The van der Waals surface area contributed by atoms with Gasteiger partial charge in [-0.3, -0.25) is 20.4 Å². The lowest BCUT2D eigenvalue weighted by molar-refractivity contribution is -0.129. The Morgan fingerprint density at radius 2 is 1.56 bits per heavy atom. The highest BCUT2D eigenvalue weighted by Gasteiger charge is 2.29. The second kappa shape index (κ2) is 11.7. The van der Waals surface area contributed by atoms with Crippen molar-refractivity contribution in [2.45, 2.75) is 13.8 Å². The lowest BCUT2D eigenvalue weighted by Gasteiger charge is -2.35. The summed E-state index contributed by atoms with van der Waals surface area (Å²) in [4.78, 5) is 26.2. The van der Waals surface area contributed by atoms with E-state index in [-0.39, 0.29) is 19.7 Å². The summed E-state index contributed by atoms with van der Waals surface area (Å²) < 4.78 is 37.4. The van der Waals surface area contributed by atoms with Gasteiger partial charge >= 0.3 is 0 Å². The molecule has 1 heterocycles. The minimum Gasteiger partial charge on any atom is -0.490 e. The van der Waals surface area contributed by atoms with Crippen molar-refractivity contribution < 1.29 is 27.5 Å². The van der Waals surface area contributed by atoms with Crippen molar-refractivity contribution in [3.05, 3.63) is 54.1 Å². The number of benzene rings is 2. The first-order valence-electron chi connectivity index (χ1n) is 11.0. The molecule has 0 aliphatic carbocycles. The van der Waals surface area contributed by atoms with Crippen molar-refractivity contribution in [1.82, 2.24) is 15.2 Å². The summed E-state index contributed by atoms with van der Waals surface area (Å²) in [7, 11) is -3.82. The van der Waals surface area contributed by atoms with E-state index in [4.69, 9.17) is 9.47 Å². The van der Waals surface area contributed by atoms with E-state index in [2.05, 4.69) is 21.8 Å². The molecule has 1 aliphatic rings. The molecule has 184 valence electrons. The molecule has 0 saturated carbocycles. The summed E-state index contributed by atoms with van der Waals surface area (Å²) in [5.41, 5.74) is 6.48. The van der Waals surface area contributed by atoms with Gasteiger partial charge in [0, 0.05) is 31.9 Å². The number of carbonyl (C=O) groups excluding carboxylic acids is 2. The Hall–Kier alpha value is -3.31. The highest BCUT2D eigenvalue weighted by molar-refractivity contribution is 7.89. The zero-order chi connectivity index (χ0) is 24.6. The third kappa shape index (κ3) is 7.09. The SMILES string of the molecule is CCOc1ccccc1OCC(=O)NNC(=O)CS(=O)(=O)N1CCN(c2cccc(C)c2)CC1. The molecule has 10 nitrogen and oxygen atoms in total. The molecule has 0 radical (unpaired) electrons. The van der Waals surface area contributed by atoms with Crippen LogP contribution in [-0.2, 0) is 19.6 Å². The Bertz CT molecular complexity index is 1100. The average molecular weight is 491 g/mol. The molecule has 34 heavy (non-hydrogen) atoms. The smallest absolute Gasteiger partial charge is 0.276 e. The molecular formula is C23H30N4O6S. The van der Waals surface area contributed by atoms with Gasteiger partial charge in [0.05, 0.1) is 6.61 Å². The van der Waals surface area contributed by atoms with Gasteiger partial charge in [0.2, 0.25) is 10.0 Å². The van der Waals surface area contributed by atoms with Crippen LogP contribution < -0.4 is 25.2 Å². The van der Waals surface area contributed by atoms with E-state index in [9.17, 15) is 18.0 Å². The van der Waals surface area contributed by atoms with Crippen molar-refractivity contribution in [2.75, 3.05) is 50.0 Å². The topological polar surface area (TPSA) is 117 Å². The second-order valence-electron chi connectivity index (χ2n) is 7.75. The second-order valence-corrected chi connectivity index (χ2v) is 9.71. The van der Waals surface area contributed by atoms with Crippen LogP contribution in [0, 0.1) is 6.92 Å². The number of hydrazine groups is 1. The number of rotatable bonds is 9. The third-order valence-corrected chi connectivity index (χ3v) is 6.94. The number of carbonyl (C=O) groups is 2. The average Bonchev–Trinajstić information content (AvgIpc) is 2.82. The van der Waals surface area contributed by atoms with Crippen LogP contribution >= 0.6 is 0 Å². The molecular weight excluding hydrogens is 460 g/mol. The van der Waals surface area contributed by atoms with Gasteiger partial charge in [-0.1, -0.05) is 24.3 Å². The number of hydrogen-bond acceptors (Lipinski definition) is 7. The Labute approximate surface area is 199 Å². The third-order valence-electron chi connectivity index (χ3n) is 5.16. The van der Waals surface area contributed by atoms with Crippen molar-refractivity contribution in [3.63, 3.8) is 0 Å². The maximum atomic E-state index is 12.6. The Balaban J connectivity index is 1.42. The molecule has 1 fully saturated rings. The zero-order valence-electron chi connectivity index (χ0n) is 19.3. The molecule has 3 rings (SSSR count). The first-order valence-corrected chi connectivity index (χ1v) is 12.6. The summed E-state index contributed by atoms with van der Waals surface area (Å²) in [6.45, 7) is 5.52. The molecule has 0 aromatic heterocycles. The molecule has 2 aromatic rings. The molecule has 2 aromatic carbocycles. The van der Waals surface area contributed by atoms with Crippen molar-refractivity contribution >= 4 is 27.5 Å². The first-order chi connectivity index (χ1) is 16.3. The van der Waals surface area contributed by atoms with Gasteiger partial charge < -0.3 is 14.4 Å². The van der Waals surface area contributed by atoms with E-state index in [0.717, 1.165) is 11.3 Å². The van der Waals surface area contributed by atoms with E-state index < -0.39 is 27.6 Å². The van der Waals surface area contributed by atoms with Crippen LogP contribution in [0.25, 0.3) is 0 Å². The van der Waals surface area contributed by atoms with E-state index in [1.54, 1.807) is 24.3 Å². The van der Waals surface area contributed by atoms with Crippen LogP contribution in [0.1, 0.15) is 12.5 Å². The fraction of sp³-hybridized carbons (Fsp3) is 0.391. The molecule has 0 bridgehead atoms. The quantitative estimate of drug-likeness (QED) is 0.505. The van der Waals surface area contributed by atoms with Crippen molar-refractivity contribution in [3.8, 4) is 11.5 Å². The number of nitrogens with one attached hydrogen (secondary N) is 2. The van der Waals surface area contributed by atoms with Gasteiger partial charge in [-0.05, 0) is 43.7 Å². The van der Waals surface area contributed by atoms with Crippen LogP contribution in [0.5, 0.6) is 11.5 Å². The summed E-state index contributed by atoms with van der Waals surface area (Å²) >= 11 is 0. The zero-order valence-corrected chi connectivity index (χ0v) is 20.1. The molecule has 0 unspecified atom stereocenters. The van der Waals surface area contributed by atoms with Gasteiger partial charge in [-0.15, -0.1) is 0 Å². The molecule has 1 saturated heterocycles. The van der Waals surface area contributed by atoms with Crippen LogP contribution in [-0.4, -0.2) is 69.7 Å². The maximum Gasteiger partial charge on any atom is 0.276 e. The summed E-state index contributed by atoms with van der Waals surface area (Å²) in [5, 5.41) is 0. The lowest BCUT2D eigenvalue weighted by Crippen LogP contribution is -2.52. The fourth-order valence-electron chi connectivity index (χ4n) is 3.51. The van der Waals surface area contributed by atoms with Crippen LogP contribution in [0.3, 0.4) is 0 Å². The van der Waals surface area contributed by atoms with Crippen LogP contribution in [0.15, 0.2) is 48.5 Å². The Morgan fingerprint density at radius 3 is 2.21 bits per heavy atom. The molecule has 0 atom stereocenters. The predicted octanol–water partition coefficient (Wildman–Crippen LogP) is 1.07. The number of aryl methyl sites for hydroxylation is 1. The first kappa shape index (κ1) is 25.3. The van der Waals surface area contributed by atoms with Crippen molar-refractivity contribution in [1.29, 1.82) is 0 Å². The number of nitrogens with zero attached hydrogens (tertiary/aromatic N) is 2. The van der Waals surface area contributed by atoms with Gasteiger partial charge in [0.15, 0.2) is 18.1 Å². The molecule has 2 amide bonds. The van der Waals surface area contributed by atoms with Gasteiger partial charge in [0.25, 0.3) is 11.8 Å². The highest BCUT2D eigenvalue weighted by Crippen LogP contribution is 2.26. The minimum absolute atomic E-state index is 0.281. The van der Waals surface area contributed by atoms with E-state index in [0.29, 0.717) is 31.2 Å². The summed E-state index contributed by atoms with van der Waals surface area (Å²) in [6.07, 6.45) is 0. The van der Waals surface area contributed by atoms with Gasteiger partial charge in [-0.25, -0.2) is 8.42 Å². The Morgan fingerprint density at radius 1 is 0.912 bits per heavy atom. The largest absolute Gasteiger partial charge is 0.490 e. The normalized spacial score (nSPS) is 14.4. The number of hydrogen-bond donors (Lipinski definition) is 2. The fourth-order valence-corrected chi connectivity index (χ4v) is 4.81. The highest BCUT2D eigenvalue weighted by atomic mass is 32.2. The number of piperazine rings is 1. The molecule has 2 N–H and O–H groups in total. The van der Waals surface area contributed by atoms with Crippen LogP contribution in [0.4, 0.5) is 5.69 Å². The predicted molar refractivity (Wildman–Crippen MR) is 128 cm³/mol. The monoisotopic (exact) mass is 490 g/mol. The summed E-state index contributed by atoms with van der Waals surface area (Å²) in [5.74, 6) is -1.34. The molecule has 11 heteroatoms. The maximum absolute atomic E-state index is 12.6. The van der Waals surface area contributed by atoms with Gasteiger partial charge in [-0.2, -0.15) is 4.31 Å². The van der Waals surface area contributed by atoms with E-state index in [1.807, 2.05) is 32.0 Å². The lowest BCUT2D eigenvalue weighted by atomic mass is 10.2. The minimum atomic E-state index is -3.82. The Kier molecular flexibility index (Phi) is 8.72. The number of sulfonamides is 1. The van der Waals surface area contributed by atoms with Crippen LogP contribution in [0.2, 0.25) is 0 Å². The number of amides is 2. The van der Waals surface area contributed by atoms with Crippen molar-refractivity contribution in [2.24, 2.45) is 0 Å². The molecule has 0 spiro atoms. The van der Waals surface area contributed by atoms with E-state index >= 15 is 0 Å². The van der Waals surface area contributed by atoms with E-state index in [1.165, 1.54) is 4.31 Å². The number of anilines is 1. The van der Waals surface area contributed by atoms with Gasteiger partial charge in [0.1, 0.15) is 5.75 Å². The number of para-hydroxylation sites is 2. The summed E-state index contributed by atoms with van der Waals surface area (Å²) in [6, 6.07) is 14.9. The number of ether oxygens (including phenoxy) is 2. The molecule has 1 aliphatic heterocycles.